The highest BCUT2D eigenvalue weighted by Crippen LogP contribution is 2.27. The number of quaternary nitrogens is 1. The molecule has 0 radical (unpaired) electrons. The van der Waals surface area contributed by atoms with Gasteiger partial charge in [-0.05, 0) is 43.0 Å². The van der Waals surface area contributed by atoms with Gasteiger partial charge in [0.1, 0.15) is 5.75 Å². The summed E-state index contributed by atoms with van der Waals surface area (Å²) in [6, 6.07) is 14.5. The first kappa shape index (κ1) is 21.2. The van der Waals surface area contributed by atoms with Crippen LogP contribution in [0, 0.1) is 0 Å². The number of nitrogens with zero attached hydrogens (tertiary/aromatic N) is 1. The number of aryl methyl sites for hydroxylation is 2. The van der Waals surface area contributed by atoms with E-state index in [0.29, 0.717) is 13.2 Å². The van der Waals surface area contributed by atoms with Crippen molar-refractivity contribution in [3.8, 4) is 5.75 Å². The van der Waals surface area contributed by atoms with Gasteiger partial charge in [-0.2, -0.15) is 0 Å². The Bertz CT molecular complexity index is 791. The summed E-state index contributed by atoms with van der Waals surface area (Å²) >= 11 is 0. The first-order valence-electron chi connectivity index (χ1n) is 10.9. The average Bonchev–Trinajstić information content (AvgIpc) is 2.75. The number of carbonyl (C=O) groups excluding carboxylic acids is 1. The van der Waals surface area contributed by atoms with Gasteiger partial charge in [-0.1, -0.05) is 44.2 Å². The summed E-state index contributed by atoms with van der Waals surface area (Å²) in [5.74, 6) is 1.05. The Morgan fingerprint density at radius 1 is 1.00 bits per heavy atom. The molecule has 156 valence electrons. The minimum atomic E-state index is 0.110. The molecule has 0 saturated carbocycles. The number of carbonyl (C=O) groups is 1. The molecule has 5 heteroatoms. The largest absolute Gasteiger partial charge is 0.492 e. The summed E-state index contributed by atoms with van der Waals surface area (Å²) in [4.78, 5) is 16.4. The van der Waals surface area contributed by atoms with Crippen LogP contribution in [0.1, 0.15) is 31.9 Å². The van der Waals surface area contributed by atoms with Gasteiger partial charge in [0.05, 0.1) is 38.5 Å². The number of nitrogens with one attached hydrogen (secondary N) is 2. The first-order chi connectivity index (χ1) is 14.2. The van der Waals surface area contributed by atoms with E-state index < -0.39 is 0 Å². The second-order valence-electron chi connectivity index (χ2n) is 7.52. The molecular formula is C24H34N3O2+. The number of amides is 1. The van der Waals surface area contributed by atoms with Crippen molar-refractivity contribution in [2.45, 2.75) is 33.6 Å². The lowest BCUT2D eigenvalue weighted by atomic mass is 10.0. The Morgan fingerprint density at radius 3 is 2.28 bits per heavy atom. The minimum absolute atomic E-state index is 0.110. The number of hydrogen-bond donors (Lipinski definition) is 2. The molecule has 2 aromatic carbocycles. The van der Waals surface area contributed by atoms with Crippen molar-refractivity contribution in [2.24, 2.45) is 0 Å². The van der Waals surface area contributed by atoms with E-state index in [-0.39, 0.29) is 5.91 Å². The molecule has 1 amide bonds. The number of rotatable bonds is 8. The van der Waals surface area contributed by atoms with Crippen LogP contribution in [0.2, 0.25) is 0 Å². The third-order valence-corrected chi connectivity index (χ3v) is 5.65. The van der Waals surface area contributed by atoms with E-state index >= 15 is 0 Å². The van der Waals surface area contributed by atoms with Crippen molar-refractivity contribution in [2.75, 3.05) is 49.5 Å². The third kappa shape index (κ3) is 5.30. The summed E-state index contributed by atoms with van der Waals surface area (Å²) in [5, 5.41) is 3.20. The highest BCUT2D eigenvalue weighted by molar-refractivity contribution is 5.93. The summed E-state index contributed by atoms with van der Waals surface area (Å²) in [6.07, 6.45) is 1.85. The van der Waals surface area contributed by atoms with E-state index in [1.165, 1.54) is 16.0 Å². The summed E-state index contributed by atoms with van der Waals surface area (Å²) in [7, 11) is 0. The molecule has 29 heavy (non-hydrogen) atoms. The molecule has 0 spiro atoms. The molecule has 1 aliphatic heterocycles. The van der Waals surface area contributed by atoms with Crippen LogP contribution in [0.5, 0.6) is 5.75 Å². The molecule has 0 aromatic heterocycles. The van der Waals surface area contributed by atoms with E-state index in [0.717, 1.165) is 56.1 Å². The lowest BCUT2D eigenvalue weighted by Crippen LogP contribution is -3.15. The fourth-order valence-electron chi connectivity index (χ4n) is 4.05. The van der Waals surface area contributed by atoms with Crippen molar-refractivity contribution in [3.05, 3.63) is 53.6 Å². The molecule has 5 nitrogen and oxygen atoms in total. The van der Waals surface area contributed by atoms with E-state index in [9.17, 15) is 4.79 Å². The lowest BCUT2D eigenvalue weighted by Gasteiger charge is -2.34. The third-order valence-electron chi connectivity index (χ3n) is 5.65. The zero-order valence-electron chi connectivity index (χ0n) is 18.0. The number of ether oxygens (including phenoxy) is 1. The molecule has 0 atom stereocenters. The van der Waals surface area contributed by atoms with Crippen molar-refractivity contribution in [3.63, 3.8) is 0 Å². The van der Waals surface area contributed by atoms with E-state index in [4.69, 9.17) is 4.74 Å². The number of anilines is 2. The predicted octanol–water partition coefficient (Wildman–Crippen LogP) is 2.55. The van der Waals surface area contributed by atoms with Gasteiger partial charge in [0.25, 0.3) is 5.91 Å². The SMILES string of the molecule is CCOc1ccccc1N1CC[NH+](CC(=O)Nc2c(CC)cccc2CC)CC1. The van der Waals surface area contributed by atoms with Gasteiger partial charge in [0.15, 0.2) is 6.54 Å². The van der Waals surface area contributed by atoms with Crippen LogP contribution in [-0.4, -0.2) is 45.2 Å². The molecule has 1 aliphatic rings. The second kappa shape index (κ2) is 10.3. The lowest BCUT2D eigenvalue weighted by molar-refractivity contribution is -0.892. The predicted molar refractivity (Wildman–Crippen MR) is 119 cm³/mol. The topological polar surface area (TPSA) is 46.0 Å². The Balaban J connectivity index is 1.57. The highest BCUT2D eigenvalue weighted by Gasteiger charge is 2.24. The van der Waals surface area contributed by atoms with Gasteiger partial charge >= 0.3 is 0 Å². The van der Waals surface area contributed by atoms with Crippen LogP contribution in [-0.2, 0) is 17.6 Å². The Hall–Kier alpha value is -2.53. The van der Waals surface area contributed by atoms with Crippen LogP contribution in [0.4, 0.5) is 11.4 Å². The summed E-state index contributed by atoms with van der Waals surface area (Å²) in [6.45, 7) is 11.2. The quantitative estimate of drug-likeness (QED) is 0.721. The zero-order valence-corrected chi connectivity index (χ0v) is 18.0. The standard InChI is InChI=1S/C24H33N3O2/c1-4-19-10-9-11-20(5-2)24(19)25-23(28)18-26-14-16-27(17-15-26)21-12-7-8-13-22(21)29-6-3/h7-13H,4-6,14-18H2,1-3H3,(H,25,28)/p+1. The number of piperazine rings is 1. The van der Waals surface area contributed by atoms with Crippen molar-refractivity contribution < 1.29 is 14.4 Å². The Kier molecular flexibility index (Phi) is 7.53. The van der Waals surface area contributed by atoms with Crippen LogP contribution in [0.15, 0.2) is 42.5 Å². The van der Waals surface area contributed by atoms with Gasteiger partial charge < -0.3 is 19.9 Å². The van der Waals surface area contributed by atoms with Gasteiger partial charge in [0, 0.05) is 5.69 Å². The maximum atomic E-state index is 12.7. The highest BCUT2D eigenvalue weighted by atomic mass is 16.5. The second-order valence-corrected chi connectivity index (χ2v) is 7.52. The molecule has 1 heterocycles. The molecule has 3 rings (SSSR count). The number of hydrogen-bond acceptors (Lipinski definition) is 3. The Labute approximate surface area is 174 Å². The normalized spacial score (nSPS) is 14.7. The van der Waals surface area contributed by atoms with Gasteiger partial charge in [-0.15, -0.1) is 0 Å². The van der Waals surface area contributed by atoms with E-state index in [2.05, 4.69) is 54.4 Å². The summed E-state index contributed by atoms with van der Waals surface area (Å²) in [5.41, 5.74) is 4.60. The van der Waals surface area contributed by atoms with Crippen LogP contribution >= 0.6 is 0 Å². The molecule has 0 unspecified atom stereocenters. The van der Waals surface area contributed by atoms with Gasteiger partial charge in [0.2, 0.25) is 0 Å². The smallest absolute Gasteiger partial charge is 0.279 e. The maximum Gasteiger partial charge on any atom is 0.279 e. The minimum Gasteiger partial charge on any atom is -0.492 e. The monoisotopic (exact) mass is 396 g/mol. The number of para-hydroxylation sites is 3. The molecule has 0 aliphatic carbocycles. The van der Waals surface area contributed by atoms with E-state index in [1.807, 2.05) is 19.1 Å². The molecule has 2 N–H and O–H groups in total. The molecule has 1 saturated heterocycles. The fourth-order valence-corrected chi connectivity index (χ4v) is 4.05. The molecule has 1 fully saturated rings. The average molecular weight is 397 g/mol. The van der Waals surface area contributed by atoms with Crippen molar-refractivity contribution >= 4 is 17.3 Å². The van der Waals surface area contributed by atoms with Gasteiger partial charge in [-0.3, -0.25) is 4.79 Å². The van der Waals surface area contributed by atoms with Crippen molar-refractivity contribution in [1.29, 1.82) is 0 Å². The summed E-state index contributed by atoms with van der Waals surface area (Å²) < 4.78 is 5.78. The fraction of sp³-hybridized carbons (Fsp3) is 0.458. The first-order valence-corrected chi connectivity index (χ1v) is 10.9. The molecular weight excluding hydrogens is 362 g/mol. The van der Waals surface area contributed by atoms with Crippen LogP contribution < -0.4 is 19.9 Å². The van der Waals surface area contributed by atoms with Gasteiger partial charge in [-0.25, -0.2) is 0 Å². The Morgan fingerprint density at radius 2 is 1.66 bits per heavy atom. The zero-order chi connectivity index (χ0) is 20.6. The van der Waals surface area contributed by atoms with E-state index in [1.54, 1.807) is 0 Å². The van der Waals surface area contributed by atoms with Crippen LogP contribution in [0.25, 0.3) is 0 Å². The molecule has 2 aromatic rings. The van der Waals surface area contributed by atoms with Crippen molar-refractivity contribution in [1.82, 2.24) is 0 Å². The molecule has 0 bridgehead atoms. The number of benzene rings is 2. The van der Waals surface area contributed by atoms with Crippen LogP contribution in [0.3, 0.4) is 0 Å². The maximum absolute atomic E-state index is 12.7.